The lowest BCUT2D eigenvalue weighted by molar-refractivity contribution is -0.118. The maximum absolute atomic E-state index is 11.1. The Morgan fingerprint density at radius 3 is 3.00 bits per heavy atom. The zero-order valence-corrected chi connectivity index (χ0v) is 8.21. The highest BCUT2D eigenvalue weighted by Crippen LogP contribution is 1.97. The first kappa shape index (κ1) is 11.6. The van der Waals surface area contributed by atoms with E-state index >= 15 is 0 Å². The van der Waals surface area contributed by atoms with E-state index in [1.54, 1.807) is 12.1 Å². The molecule has 84 valence electrons. The number of rotatable bonds is 4. The molecule has 8 nitrogen and oxygen atoms in total. The number of hydrogen-bond acceptors (Lipinski definition) is 4. The minimum absolute atomic E-state index is 0.174. The predicted octanol–water partition coefficient (Wildman–Crippen LogP) is 0.916. The Bertz CT molecular complexity index is 407. The van der Waals surface area contributed by atoms with Crippen LogP contribution >= 0.6 is 0 Å². The fraction of sp³-hybridized carbons (Fsp3) is 0.250. The van der Waals surface area contributed by atoms with Crippen molar-refractivity contribution in [3.63, 3.8) is 0 Å². The average Bonchev–Trinajstić information content (AvgIpc) is 2.76. The van der Waals surface area contributed by atoms with E-state index < -0.39 is 18.5 Å². The number of urea groups is 1. The fourth-order valence-corrected chi connectivity index (χ4v) is 0.887. The van der Waals surface area contributed by atoms with E-state index in [0.29, 0.717) is 5.76 Å². The molecule has 1 heterocycles. The van der Waals surface area contributed by atoms with Crippen LogP contribution in [0.1, 0.15) is 5.76 Å². The van der Waals surface area contributed by atoms with Gasteiger partial charge in [-0.1, -0.05) is 5.11 Å². The van der Waals surface area contributed by atoms with Crippen LogP contribution in [0.15, 0.2) is 27.9 Å². The van der Waals surface area contributed by atoms with Gasteiger partial charge in [0, 0.05) is 4.91 Å². The van der Waals surface area contributed by atoms with Crippen molar-refractivity contribution in [1.29, 1.82) is 0 Å². The van der Waals surface area contributed by atoms with Crippen LogP contribution in [0.25, 0.3) is 10.4 Å². The third kappa shape index (κ3) is 4.16. The quantitative estimate of drug-likeness (QED) is 0.448. The lowest BCUT2D eigenvalue weighted by atomic mass is 10.4. The van der Waals surface area contributed by atoms with Gasteiger partial charge < -0.3 is 9.73 Å². The second kappa shape index (κ2) is 6.10. The molecule has 0 radical (unpaired) electrons. The van der Waals surface area contributed by atoms with Gasteiger partial charge in [-0.2, -0.15) is 0 Å². The predicted molar refractivity (Wildman–Crippen MR) is 53.1 cm³/mol. The smallest absolute Gasteiger partial charge is 0.321 e. The van der Waals surface area contributed by atoms with Crippen LogP contribution in [0, 0.1) is 0 Å². The van der Waals surface area contributed by atoms with E-state index in [4.69, 9.17) is 9.95 Å². The summed E-state index contributed by atoms with van der Waals surface area (Å²) in [6.45, 7) is -0.238. The zero-order chi connectivity index (χ0) is 11.8. The molecule has 0 saturated heterocycles. The van der Waals surface area contributed by atoms with Crippen LogP contribution in [0.5, 0.6) is 0 Å². The maximum Gasteiger partial charge on any atom is 0.321 e. The molecule has 0 fully saturated rings. The molecule has 0 aliphatic rings. The second-order valence-electron chi connectivity index (χ2n) is 2.70. The van der Waals surface area contributed by atoms with Gasteiger partial charge >= 0.3 is 6.03 Å². The Morgan fingerprint density at radius 1 is 1.56 bits per heavy atom. The topological polar surface area (TPSA) is 120 Å². The van der Waals surface area contributed by atoms with E-state index in [9.17, 15) is 9.59 Å². The molecule has 0 aliphatic carbocycles. The summed E-state index contributed by atoms with van der Waals surface area (Å²) >= 11 is 0. The lowest BCUT2D eigenvalue weighted by Gasteiger charge is -2.03. The monoisotopic (exact) mass is 223 g/mol. The van der Waals surface area contributed by atoms with Gasteiger partial charge in [-0.25, -0.2) is 4.79 Å². The van der Waals surface area contributed by atoms with Crippen molar-refractivity contribution in [3.05, 3.63) is 34.6 Å². The van der Waals surface area contributed by atoms with Crippen molar-refractivity contribution < 1.29 is 14.0 Å². The van der Waals surface area contributed by atoms with Gasteiger partial charge in [0.25, 0.3) is 0 Å². The summed E-state index contributed by atoms with van der Waals surface area (Å²) in [6.07, 6.45) is 1.47. The van der Waals surface area contributed by atoms with Gasteiger partial charge in [0.1, 0.15) is 12.3 Å². The number of imide groups is 1. The molecule has 1 aromatic heterocycles. The summed E-state index contributed by atoms with van der Waals surface area (Å²) in [5, 5.41) is 7.38. The first-order valence-electron chi connectivity index (χ1n) is 4.33. The van der Waals surface area contributed by atoms with E-state index in [1.165, 1.54) is 6.26 Å². The second-order valence-corrected chi connectivity index (χ2v) is 2.70. The average molecular weight is 223 g/mol. The Labute approximate surface area is 90.2 Å². The van der Waals surface area contributed by atoms with E-state index in [1.807, 2.05) is 5.32 Å². The highest BCUT2D eigenvalue weighted by Gasteiger charge is 2.06. The molecule has 0 aliphatic heterocycles. The maximum atomic E-state index is 11.1. The molecule has 0 spiro atoms. The minimum Gasteiger partial charge on any atom is -0.467 e. The number of carbonyl (C=O) groups excluding carboxylic acids is 2. The number of carbonyl (C=O) groups is 2. The summed E-state index contributed by atoms with van der Waals surface area (Å²) in [5.74, 6) is -0.104. The first-order valence-corrected chi connectivity index (χ1v) is 4.33. The fourth-order valence-electron chi connectivity index (χ4n) is 0.887. The van der Waals surface area contributed by atoms with Crippen molar-refractivity contribution in [1.82, 2.24) is 10.6 Å². The Morgan fingerprint density at radius 2 is 2.38 bits per heavy atom. The molecule has 0 aromatic carbocycles. The molecule has 8 heteroatoms. The van der Waals surface area contributed by atoms with Crippen LogP contribution < -0.4 is 10.6 Å². The molecule has 2 N–H and O–H groups in total. The summed E-state index contributed by atoms with van der Waals surface area (Å²) < 4.78 is 4.96. The Hall–Kier alpha value is -2.47. The molecular formula is C8H9N5O3. The molecule has 0 unspecified atom stereocenters. The van der Waals surface area contributed by atoms with E-state index in [0.717, 1.165) is 0 Å². The molecule has 0 atom stereocenters. The molecule has 0 saturated carbocycles. The molecule has 1 aromatic rings. The largest absolute Gasteiger partial charge is 0.467 e. The van der Waals surface area contributed by atoms with Crippen molar-refractivity contribution in [2.24, 2.45) is 5.11 Å². The number of nitrogens with one attached hydrogen (secondary N) is 2. The summed E-state index contributed by atoms with van der Waals surface area (Å²) in [5.41, 5.74) is 7.94. The Balaban J connectivity index is 2.25. The van der Waals surface area contributed by atoms with E-state index in [2.05, 4.69) is 15.3 Å². The third-order valence-corrected chi connectivity index (χ3v) is 1.53. The van der Waals surface area contributed by atoms with Gasteiger partial charge in [-0.3, -0.25) is 10.1 Å². The molecule has 0 bridgehead atoms. The van der Waals surface area contributed by atoms with Gasteiger partial charge in [-0.05, 0) is 17.7 Å². The number of amides is 3. The molecule has 3 amide bonds. The number of furan rings is 1. The van der Waals surface area contributed by atoms with Gasteiger partial charge in [-0.15, -0.1) is 0 Å². The normalized spacial score (nSPS) is 9.00. The molecular weight excluding hydrogens is 214 g/mol. The zero-order valence-electron chi connectivity index (χ0n) is 8.21. The molecule has 1 rings (SSSR count). The van der Waals surface area contributed by atoms with Crippen molar-refractivity contribution in [3.8, 4) is 0 Å². The van der Waals surface area contributed by atoms with Gasteiger partial charge in [0.15, 0.2) is 0 Å². The summed E-state index contributed by atoms with van der Waals surface area (Å²) in [7, 11) is 0. The van der Waals surface area contributed by atoms with E-state index in [-0.39, 0.29) is 6.54 Å². The standard InChI is InChI=1S/C8H9N5O3/c9-13-11-5-7(14)12-8(15)10-4-6-2-1-3-16-6/h1-3H,4-5H2,(H2,10,12,14,15). The lowest BCUT2D eigenvalue weighted by Crippen LogP contribution is -2.40. The van der Waals surface area contributed by atoms with Crippen LogP contribution in [0.3, 0.4) is 0 Å². The van der Waals surface area contributed by atoms with Gasteiger partial charge in [0.05, 0.1) is 12.8 Å². The third-order valence-electron chi connectivity index (χ3n) is 1.53. The summed E-state index contributed by atoms with van der Waals surface area (Å²) in [6, 6.07) is 2.69. The first-order chi connectivity index (χ1) is 7.72. The van der Waals surface area contributed by atoms with Crippen molar-refractivity contribution in [2.45, 2.75) is 6.54 Å². The van der Waals surface area contributed by atoms with Crippen LogP contribution in [0.2, 0.25) is 0 Å². The highest BCUT2D eigenvalue weighted by molar-refractivity contribution is 5.95. The number of nitrogens with zero attached hydrogens (tertiary/aromatic N) is 3. The number of hydrogen-bond donors (Lipinski definition) is 2. The van der Waals surface area contributed by atoms with Crippen LogP contribution in [-0.4, -0.2) is 18.5 Å². The van der Waals surface area contributed by atoms with Crippen LogP contribution in [-0.2, 0) is 11.3 Å². The van der Waals surface area contributed by atoms with Crippen LogP contribution in [0.4, 0.5) is 4.79 Å². The Kier molecular flexibility index (Phi) is 4.42. The highest BCUT2D eigenvalue weighted by atomic mass is 16.3. The van der Waals surface area contributed by atoms with Crippen molar-refractivity contribution in [2.75, 3.05) is 6.54 Å². The summed E-state index contributed by atoms with van der Waals surface area (Å²) in [4.78, 5) is 24.4. The van der Waals surface area contributed by atoms with Gasteiger partial charge in [0.2, 0.25) is 5.91 Å². The SMILES string of the molecule is [N-]=[N+]=NCC(=O)NC(=O)NCc1ccco1. The van der Waals surface area contributed by atoms with Crippen molar-refractivity contribution >= 4 is 11.9 Å². The minimum atomic E-state index is -0.672. The number of azide groups is 1. The molecule has 16 heavy (non-hydrogen) atoms.